The molecule has 5 heteroatoms. The molecule has 0 saturated carbocycles. The quantitative estimate of drug-likeness (QED) is 0.728. The Hall–Kier alpha value is -0.130. The van der Waals surface area contributed by atoms with E-state index in [4.69, 9.17) is 0 Å². The highest BCUT2D eigenvalue weighted by molar-refractivity contribution is 7.88. The molecule has 2 heterocycles. The molecule has 2 rings (SSSR count). The fourth-order valence-electron chi connectivity index (χ4n) is 3.24. The average Bonchev–Trinajstić information content (AvgIpc) is 2.61. The standard InChI is InChI=1S/C13H26N2O2S/c1-12(2,3)14-8-5-13(6-9-14)7-10-15(11-13)18(4,16)17/h5-11H2,1-4H3. The topological polar surface area (TPSA) is 40.6 Å². The van der Waals surface area contributed by atoms with Crippen LogP contribution in [0.4, 0.5) is 0 Å². The van der Waals surface area contributed by atoms with Crippen molar-refractivity contribution in [2.45, 2.75) is 45.6 Å². The molecule has 0 amide bonds. The molecule has 2 aliphatic rings. The van der Waals surface area contributed by atoms with Crippen molar-refractivity contribution in [3.05, 3.63) is 0 Å². The lowest BCUT2D eigenvalue weighted by molar-refractivity contribution is 0.0493. The number of hydrogen-bond donors (Lipinski definition) is 0. The van der Waals surface area contributed by atoms with Crippen LogP contribution in [0.15, 0.2) is 0 Å². The van der Waals surface area contributed by atoms with Gasteiger partial charge >= 0.3 is 0 Å². The van der Waals surface area contributed by atoms with Gasteiger partial charge in [-0.15, -0.1) is 0 Å². The van der Waals surface area contributed by atoms with E-state index >= 15 is 0 Å². The Balaban J connectivity index is 1.98. The number of hydrogen-bond acceptors (Lipinski definition) is 3. The molecule has 0 aromatic rings. The zero-order chi connectivity index (χ0) is 13.6. The molecule has 0 unspecified atom stereocenters. The summed E-state index contributed by atoms with van der Waals surface area (Å²) >= 11 is 0. The third-order valence-electron chi connectivity index (χ3n) is 4.65. The highest BCUT2D eigenvalue weighted by atomic mass is 32.2. The van der Waals surface area contributed by atoms with Crippen LogP contribution in [0.2, 0.25) is 0 Å². The number of piperidine rings is 1. The van der Waals surface area contributed by atoms with Gasteiger partial charge in [0, 0.05) is 18.6 Å². The van der Waals surface area contributed by atoms with Gasteiger partial charge in [-0.1, -0.05) is 0 Å². The van der Waals surface area contributed by atoms with Crippen molar-refractivity contribution in [1.82, 2.24) is 9.21 Å². The Morgan fingerprint density at radius 2 is 1.50 bits per heavy atom. The minimum atomic E-state index is -3.00. The number of rotatable bonds is 1. The van der Waals surface area contributed by atoms with E-state index in [1.165, 1.54) is 6.26 Å². The first-order valence-electron chi connectivity index (χ1n) is 6.83. The highest BCUT2D eigenvalue weighted by Gasteiger charge is 2.44. The molecular weight excluding hydrogens is 248 g/mol. The molecule has 0 aromatic heterocycles. The summed E-state index contributed by atoms with van der Waals surface area (Å²) in [5.41, 5.74) is 0.488. The van der Waals surface area contributed by atoms with Gasteiger partial charge in [0.2, 0.25) is 10.0 Å². The number of sulfonamides is 1. The van der Waals surface area contributed by atoms with Crippen LogP contribution < -0.4 is 0 Å². The van der Waals surface area contributed by atoms with Crippen molar-refractivity contribution in [3.8, 4) is 0 Å². The zero-order valence-electron chi connectivity index (χ0n) is 12.1. The molecule has 1 spiro atoms. The fraction of sp³-hybridized carbons (Fsp3) is 1.00. The van der Waals surface area contributed by atoms with Crippen molar-refractivity contribution >= 4 is 10.0 Å². The summed E-state index contributed by atoms with van der Waals surface area (Å²) in [4.78, 5) is 2.52. The van der Waals surface area contributed by atoms with Crippen molar-refractivity contribution in [3.63, 3.8) is 0 Å². The molecule has 2 aliphatic heterocycles. The van der Waals surface area contributed by atoms with Gasteiger partial charge in [-0.3, -0.25) is 4.90 Å². The lowest BCUT2D eigenvalue weighted by Crippen LogP contribution is -2.49. The maximum Gasteiger partial charge on any atom is 0.211 e. The van der Waals surface area contributed by atoms with Crippen molar-refractivity contribution in [2.75, 3.05) is 32.4 Å². The second-order valence-electron chi connectivity index (χ2n) is 7.00. The summed E-state index contributed by atoms with van der Waals surface area (Å²) in [5, 5.41) is 0. The molecule has 0 atom stereocenters. The Morgan fingerprint density at radius 1 is 1.00 bits per heavy atom. The summed E-state index contributed by atoms with van der Waals surface area (Å²) in [5.74, 6) is 0. The molecule has 0 N–H and O–H groups in total. The highest BCUT2D eigenvalue weighted by Crippen LogP contribution is 2.42. The third kappa shape index (κ3) is 2.89. The van der Waals surface area contributed by atoms with Crippen LogP contribution in [0.25, 0.3) is 0 Å². The van der Waals surface area contributed by atoms with Crippen molar-refractivity contribution in [2.24, 2.45) is 5.41 Å². The van der Waals surface area contributed by atoms with Crippen molar-refractivity contribution < 1.29 is 8.42 Å². The lowest BCUT2D eigenvalue weighted by atomic mass is 9.77. The predicted molar refractivity (Wildman–Crippen MR) is 74.0 cm³/mol. The Morgan fingerprint density at radius 3 is 1.89 bits per heavy atom. The van der Waals surface area contributed by atoms with E-state index in [1.807, 2.05) is 0 Å². The first kappa shape index (κ1) is 14.3. The normalized spacial score (nSPS) is 26.9. The first-order chi connectivity index (χ1) is 8.12. The second-order valence-corrected chi connectivity index (χ2v) is 8.99. The van der Waals surface area contributed by atoms with Gasteiger partial charge in [-0.05, 0) is 58.5 Å². The Labute approximate surface area is 111 Å². The third-order valence-corrected chi connectivity index (χ3v) is 5.89. The second kappa shape index (κ2) is 4.46. The molecular formula is C13H26N2O2S. The summed E-state index contributed by atoms with van der Waals surface area (Å²) in [7, 11) is -3.00. The molecule has 2 fully saturated rings. The van der Waals surface area contributed by atoms with Crippen LogP contribution in [-0.4, -0.2) is 55.6 Å². The maximum absolute atomic E-state index is 11.6. The smallest absolute Gasteiger partial charge is 0.211 e. The maximum atomic E-state index is 11.6. The van der Waals surface area contributed by atoms with Gasteiger partial charge in [0.1, 0.15) is 0 Å². The Kier molecular flexibility index (Phi) is 3.54. The number of nitrogens with zero attached hydrogens (tertiary/aromatic N) is 2. The largest absolute Gasteiger partial charge is 0.298 e. The SMILES string of the molecule is CC(C)(C)N1CCC2(CC1)CCN(S(C)(=O)=O)C2. The van der Waals surface area contributed by atoms with E-state index in [0.717, 1.165) is 38.9 Å². The predicted octanol–water partition coefficient (Wildman–Crippen LogP) is 1.53. The molecule has 4 nitrogen and oxygen atoms in total. The fourth-order valence-corrected chi connectivity index (χ4v) is 4.17. The van der Waals surface area contributed by atoms with Crippen LogP contribution >= 0.6 is 0 Å². The Bertz CT molecular complexity index is 403. The summed E-state index contributed by atoms with van der Waals surface area (Å²) in [6, 6.07) is 0. The molecule has 0 aromatic carbocycles. The summed E-state index contributed by atoms with van der Waals surface area (Å²) in [6.07, 6.45) is 4.64. The van der Waals surface area contributed by atoms with Crippen LogP contribution in [0.5, 0.6) is 0 Å². The van der Waals surface area contributed by atoms with Crippen LogP contribution in [0.3, 0.4) is 0 Å². The van der Waals surface area contributed by atoms with Crippen LogP contribution in [-0.2, 0) is 10.0 Å². The van der Waals surface area contributed by atoms with E-state index in [-0.39, 0.29) is 11.0 Å². The molecule has 0 radical (unpaired) electrons. The molecule has 0 aliphatic carbocycles. The lowest BCUT2D eigenvalue weighted by Gasteiger charge is -2.45. The van der Waals surface area contributed by atoms with Gasteiger partial charge in [0.25, 0.3) is 0 Å². The molecule has 18 heavy (non-hydrogen) atoms. The minimum Gasteiger partial charge on any atom is -0.298 e. The van der Waals surface area contributed by atoms with Gasteiger partial charge in [0.05, 0.1) is 6.26 Å². The van der Waals surface area contributed by atoms with Gasteiger partial charge < -0.3 is 0 Å². The number of likely N-dealkylation sites (tertiary alicyclic amines) is 1. The zero-order valence-corrected chi connectivity index (χ0v) is 12.9. The van der Waals surface area contributed by atoms with E-state index < -0.39 is 10.0 Å². The summed E-state index contributed by atoms with van der Waals surface area (Å²) in [6.45, 7) is 10.4. The van der Waals surface area contributed by atoms with Crippen molar-refractivity contribution in [1.29, 1.82) is 0 Å². The average molecular weight is 274 g/mol. The molecule has 106 valence electrons. The minimum absolute atomic E-state index is 0.233. The van der Waals surface area contributed by atoms with Gasteiger partial charge in [-0.2, -0.15) is 0 Å². The van der Waals surface area contributed by atoms with E-state index in [0.29, 0.717) is 6.54 Å². The van der Waals surface area contributed by atoms with E-state index in [9.17, 15) is 8.42 Å². The monoisotopic (exact) mass is 274 g/mol. The molecule has 2 saturated heterocycles. The van der Waals surface area contributed by atoms with Crippen LogP contribution in [0.1, 0.15) is 40.0 Å². The first-order valence-corrected chi connectivity index (χ1v) is 8.68. The molecule has 0 bridgehead atoms. The summed E-state index contributed by atoms with van der Waals surface area (Å²) < 4.78 is 24.9. The van der Waals surface area contributed by atoms with Crippen LogP contribution in [0, 0.1) is 5.41 Å². The van der Waals surface area contributed by atoms with Gasteiger partial charge in [0.15, 0.2) is 0 Å². The van der Waals surface area contributed by atoms with E-state index in [1.54, 1.807) is 4.31 Å². The van der Waals surface area contributed by atoms with Gasteiger partial charge in [-0.25, -0.2) is 12.7 Å². The van der Waals surface area contributed by atoms with E-state index in [2.05, 4.69) is 25.7 Å².